The third-order valence-electron chi connectivity index (χ3n) is 7.89. The van der Waals surface area contributed by atoms with Gasteiger partial charge in [0.05, 0.1) is 20.0 Å². The SMILES string of the molecule is C=CC(=O)NCN(CC)c1nc(N(CC)CNC(=O)C=C)nc(N(CNC(=O)CCCCCCC/C=C\CCCCCCCC)COC)n1. The van der Waals surface area contributed by atoms with E-state index in [9.17, 15) is 14.4 Å². The van der Waals surface area contributed by atoms with Crippen LogP contribution in [0.3, 0.4) is 0 Å². The fraction of sp³-hybridized carbons (Fsp3) is 0.667. The van der Waals surface area contributed by atoms with Crippen LogP contribution >= 0.6 is 0 Å². The van der Waals surface area contributed by atoms with E-state index in [0.717, 1.165) is 25.7 Å². The third-order valence-corrected chi connectivity index (χ3v) is 7.89. The minimum Gasteiger partial charge on any atom is -0.364 e. The predicted molar refractivity (Wildman–Crippen MR) is 199 cm³/mol. The standard InChI is InChI=1S/C36H63N9O4/c1-7-12-13-14-15-16-17-18-19-20-21-22-23-24-25-26-33(48)39-29-45(30-49-6)36-41-34(43(10-4)27-37-31(46)8-2)40-35(42-36)44(11-5)28-38-32(47)9-3/h8-9,18-19H,2-3,7,10-17,20-30H2,1,4-6H3,(H,37,46)(H,38,47)(H,39,48)/b19-18-. The first kappa shape index (κ1) is 43.0. The third kappa shape index (κ3) is 19.6. The number of ether oxygens (including phenoxy) is 1. The van der Waals surface area contributed by atoms with E-state index in [1.807, 2.05) is 13.8 Å². The van der Waals surface area contributed by atoms with Crippen molar-refractivity contribution in [1.29, 1.82) is 0 Å². The molecule has 0 aliphatic carbocycles. The Kier molecular flexibility index (Phi) is 24.5. The van der Waals surface area contributed by atoms with Gasteiger partial charge in [-0.05, 0) is 58.1 Å². The molecule has 0 atom stereocenters. The molecule has 0 unspecified atom stereocenters. The molecule has 0 saturated carbocycles. The monoisotopic (exact) mass is 686 g/mol. The summed E-state index contributed by atoms with van der Waals surface area (Å²) in [5.74, 6) is 0.167. The molecule has 0 spiro atoms. The number of aromatic nitrogens is 3. The van der Waals surface area contributed by atoms with Crippen LogP contribution in [0.5, 0.6) is 0 Å². The van der Waals surface area contributed by atoms with Gasteiger partial charge >= 0.3 is 0 Å². The number of hydrogen-bond acceptors (Lipinski definition) is 10. The van der Waals surface area contributed by atoms with Gasteiger partial charge in [0.2, 0.25) is 35.6 Å². The molecule has 3 N–H and O–H groups in total. The van der Waals surface area contributed by atoms with Crippen LogP contribution in [0, 0.1) is 0 Å². The first-order valence-electron chi connectivity index (χ1n) is 18.0. The molecule has 1 heterocycles. The van der Waals surface area contributed by atoms with Gasteiger partial charge in [-0.3, -0.25) is 19.3 Å². The highest BCUT2D eigenvalue weighted by molar-refractivity contribution is 5.87. The Morgan fingerprint density at radius 3 is 1.51 bits per heavy atom. The molecule has 1 aromatic heterocycles. The van der Waals surface area contributed by atoms with E-state index in [2.05, 4.69) is 63.1 Å². The molecule has 1 rings (SSSR count). The quantitative estimate of drug-likeness (QED) is 0.0407. The van der Waals surface area contributed by atoms with Crippen LogP contribution in [-0.2, 0) is 19.1 Å². The van der Waals surface area contributed by atoms with E-state index in [1.165, 1.54) is 69.9 Å². The highest BCUT2D eigenvalue weighted by Crippen LogP contribution is 2.19. The van der Waals surface area contributed by atoms with Gasteiger partial charge in [-0.1, -0.05) is 83.6 Å². The molecule has 1 aromatic rings. The van der Waals surface area contributed by atoms with Crippen molar-refractivity contribution in [3.8, 4) is 0 Å². The Morgan fingerprint density at radius 2 is 1.06 bits per heavy atom. The number of anilines is 3. The molecule has 276 valence electrons. The second-order valence-electron chi connectivity index (χ2n) is 11.8. The molecule has 13 nitrogen and oxygen atoms in total. The van der Waals surface area contributed by atoms with E-state index in [0.29, 0.717) is 31.4 Å². The zero-order valence-electron chi connectivity index (χ0n) is 30.7. The first-order valence-corrected chi connectivity index (χ1v) is 18.0. The van der Waals surface area contributed by atoms with Gasteiger partial charge in [-0.25, -0.2) is 0 Å². The van der Waals surface area contributed by atoms with Crippen LogP contribution in [0.2, 0.25) is 0 Å². The lowest BCUT2D eigenvalue weighted by molar-refractivity contribution is -0.121. The maximum Gasteiger partial charge on any atom is 0.244 e. The zero-order valence-corrected chi connectivity index (χ0v) is 30.7. The van der Waals surface area contributed by atoms with E-state index >= 15 is 0 Å². The predicted octanol–water partition coefficient (Wildman–Crippen LogP) is 5.57. The van der Waals surface area contributed by atoms with Crippen LogP contribution in [-0.4, -0.2) is 79.6 Å². The first-order chi connectivity index (χ1) is 23.8. The van der Waals surface area contributed by atoms with E-state index in [1.54, 1.807) is 21.8 Å². The summed E-state index contributed by atoms with van der Waals surface area (Å²) < 4.78 is 5.43. The summed E-state index contributed by atoms with van der Waals surface area (Å²) in [5, 5.41) is 8.47. The van der Waals surface area contributed by atoms with Crippen molar-refractivity contribution < 1.29 is 19.1 Å². The molecule has 0 fully saturated rings. The summed E-state index contributed by atoms with van der Waals surface area (Å²) in [6, 6.07) is 0. The van der Waals surface area contributed by atoms with Gasteiger partial charge in [-0.15, -0.1) is 0 Å². The second kappa shape index (κ2) is 27.9. The molecule has 13 heteroatoms. The van der Waals surface area contributed by atoms with E-state index < -0.39 is 0 Å². The topological polar surface area (TPSA) is 145 Å². The fourth-order valence-corrected chi connectivity index (χ4v) is 4.86. The van der Waals surface area contributed by atoms with Crippen LogP contribution in [0.15, 0.2) is 37.5 Å². The number of rotatable bonds is 30. The summed E-state index contributed by atoms with van der Waals surface area (Å²) in [4.78, 5) is 55.7. The lowest BCUT2D eigenvalue weighted by Gasteiger charge is -2.28. The molecular weight excluding hydrogens is 622 g/mol. The van der Waals surface area contributed by atoms with Gasteiger partial charge < -0.3 is 30.5 Å². The van der Waals surface area contributed by atoms with E-state index in [-0.39, 0.29) is 50.4 Å². The minimum atomic E-state index is -0.328. The molecule has 3 amide bonds. The largest absolute Gasteiger partial charge is 0.364 e. The second-order valence-corrected chi connectivity index (χ2v) is 11.8. The Bertz CT molecular complexity index is 1080. The molecule has 0 aliphatic heterocycles. The maximum atomic E-state index is 12.8. The van der Waals surface area contributed by atoms with Gasteiger partial charge in [0, 0.05) is 26.6 Å². The number of hydrogen-bond donors (Lipinski definition) is 3. The Balaban J connectivity index is 2.73. The molecule has 0 saturated heterocycles. The van der Waals surface area contributed by atoms with Crippen LogP contribution in [0.25, 0.3) is 0 Å². The van der Waals surface area contributed by atoms with Crippen LogP contribution in [0.1, 0.15) is 111 Å². The van der Waals surface area contributed by atoms with Gasteiger partial charge in [-0.2, -0.15) is 15.0 Å². The summed E-state index contributed by atoms with van der Waals surface area (Å²) in [7, 11) is 1.55. The number of methoxy groups -OCH3 is 1. The summed E-state index contributed by atoms with van der Waals surface area (Å²) >= 11 is 0. The van der Waals surface area contributed by atoms with Gasteiger partial charge in [0.1, 0.15) is 6.73 Å². The number of unbranched alkanes of at least 4 members (excludes halogenated alkanes) is 11. The van der Waals surface area contributed by atoms with E-state index in [4.69, 9.17) is 4.74 Å². The number of allylic oxidation sites excluding steroid dienone is 2. The lowest BCUT2D eigenvalue weighted by atomic mass is 10.1. The molecule has 0 aliphatic rings. The number of nitrogens with one attached hydrogen (secondary N) is 3. The highest BCUT2D eigenvalue weighted by Gasteiger charge is 2.20. The van der Waals surface area contributed by atoms with Gasteiger partial charge in [0.15, 0.2) is 0 Å². The average Bonchev–Trinajstić information content (AvgIpc) is 3.11. The number of carbonyl (C=O) groups is 3. The Morgan fingerprint density at radius 1 is 0.633 bits per heavy atom. The van der Waals surface area contributed by atoms with Crippen LogP contribution in [0.4, 0.5) is 17.8 Å². The van der Waals surface area contributed by atoms with Crippen molar-refractivity contribution in [1.82, 2.24) is 30.9 Å². The number of carbonyl (C=O) groups excluding carboxylic acids is 3. The van der Waals surface area contributed by atoms with Gasteiger partial charge in [0.25, 0.3) is 0 Å². The van der Waals surface area contributed by atoms with Crippen molar-refractivity contribution in [3.63, 3.8) is 0 Å². The summed E-state index contributed by atoms with van der Waals surface area (Å²) in [6.45, 7) is 14.5. The average molecular weight is 686 g/mol. The summed E-state index contributed by atoms with van der Waals surface area (Å²) in [6.07, 6.45) is 23.2. The van der Waals surface area contributed by atoms with Crippen molar-refractivity contribution >= 4 is 35.6 Å². The number of nitrogens with zero attached hydrogens (tertiary/aromatic N) is 6. The number of amides is 3. The molecule has 49 heavy (non-hydrogen) atoms. The van der Waals surface area contributed by atoms with Crippen molar-refractivity contribution in [2.45, 2.75) is 111 Å². The maximum absolute atomic E-state index is 12.8. The fourth-order valence-electron chi connectivity index (χ4n) is 4.86. The van der Waals surface area contributed by atoms with Crippen LogP contribution < -0.4 is 30.7 Å². The van der Waals surface area contributed by atoms with Crippen molar-refractivity contribution in [2.24, 2.45) is 0 Å². The Labute approximate surface area is 295 Å². The van der Waals surface area contributed by atoms with Crippen molar-refractivity contribution in [2.75, 3.05) is 61.6 Å². The smallest absolute Gasteiger partial charge is 0.244 e. The highest BCUT2D eigenvalue weighted by atomic mass is 16.5. The zero-order chi connectivity index (χ0) is 36.1. The summed E-state index contributed by atoms with van der Waals surface area (Å²) in [5.41, 5.74) is 0. The molecule has 0 radical (unpaired) electrons. The molecule has 0 aromatic carbocycles. The minimum absolute atomic E-state index is 0.0575. The molecular formula is C36H63N9O4. The lowest BCUT2D eigenvalue weighted by Crippen LogP contribution is -2.42. The normalized spacial score (nSPS) is 10.9. The molecule has 0 bridgehead atoms. The Hall–Kier alpha value is -4.00. The van der Waals surface area contributed by atoms with Crippen molar-refractivity contribution in [3.05, 3.63) is 37.5 Å².